The van der Waals surface area contributed by atoms with E-state index >= 15 is 0 Å². The fourth-order valence-electron chi connectivity index (χ4n) is 2.59. The van der Waals surface area contributed by atoms with E-state index < -0.39 is 22.5 Å². The van der Waals surface area contributed by atoms with Gasteiger partial charge >= 0.3 is 0 Å². The highest BCUT2D eigenvalue weighted by Gasteiger charge is 2.27. The van der Waals surface area contributed by atoms with Crippen molar-refractivity contribution in [3.63, 3.8) is 0 Å². The van der Waals surface area contributed by atoms with Gasteiger partial charge in [-0.3, -0.25) is 9.10 Å². The maximum Gasteiger partial charge on any atom is 0.264 e. The standard InChI is InChI=1S/C21H20ClN3O4S/c1-15-5-9-19(10-6-15)30(27,28)25(17-8-7-16(2)20(22)12-17)14-21(26)24-23-13-18-4-3-11-29-18/h3-13H,14H2,1-2H3,(H,24,26)/b23-13-. The molecular formula is C21H20ClN3O4S. The first-order valence-corrected chi connectivity index (χ1v) is 10.8. The number of nitrogens with zero attached hydrogens (tertiary/aromatic N) is 2. The number of hydrogen-bond donors (Lipinski definition) is 1. The quantitative estimate of drug-likeness (QED) is 0.441. The van der Waals surface area contributed by atoms with Crippen molar-refractivity contribution >= 4 is 39.4 Å². The first kappa shape index (κ1) is 21.6. The molecule has 9 heteroatoms. The third-order valence-corrected chi connectivity index (χ3v) is 6.46. The number of sulfonamides is 1. The van der Waals surface area contributed by atoms with Crippen LogP contribution in [0.3, 0.4) is 0 Å². The van der Waals surface area contributed by atoms with E-state index in [4.69, 9.17) is 16.0 Å². The second kappa shape index (κ2) is 9.15. The van der Waals surface area contributed by atoms with Gasteiger partial charge in [0.1, 0.15) is 12.3 Å². The molecule has 3 aromatic rings. The van der Waals surface area contributed by atoms with Crippen LogP contribution in [0.1, 0.15) is 16.9 Å². The molecule has 156 valence electrons. The highest BCUT2D eigenvalue weighted by molar-refractivity contribution is 7.92. The second-order valence-corrected chi connectivity index (χ2v) is 8.84. The Bertz CT molecular complexity index is 1160. The predicted octanol–water partition coefficient (Wildman–Crippen LogP) is 3.90. The molecule has 0 fully saturated rings. The van der Waals surface area contributed by atoms with Crippen molar-refractivity contribution in [1.82, 2.24) is 5.43 Å². The molecule has 0 radical (unpaired) electrons. The number of hydrogen-bond acceptors (Lipinski definition) is 5. The highest BCUT2D eigenvalue weighted by atomic mass is 35.5. The molecule has 0 unspecified atom stereocenters. The minimum atomic E-state index is -4.02. The maximum absolute atomic E-state index is 13.3. The minimum Gasteiger partial charge on any atom is -0.463 e. The van der Waals surface area contributed by atoms with Gasteiger partial charge in [-0.2, -0.15) is 5.10 Å². The van der Waals surface area contributed by atoms with Gasteiger partial charge in [0.25, 0.3) is 15.9 Å². The van der Waals surface area contributed by atoms with Crippen LogP contribution in [0, 0.1) is 13.8 Å². The summed E-state index contributed by atoms with van der Waals surface area (Å²) in [6.45, 7) is 3.18. The average Bonchev–Trinajstić information content (AvgIpc) is 3.22. The summed E-state index contributed by atoms with van der Waals surface area (Å²) in [7, 11) is -4.02. The Hall–Kier alpha value is -3.10. The third kappa shape index (κ3) is 5.08. The Balaban J connectivity index is 1.90. The molecule has 1 amide bonds. The van der Waals surface area contributed by atoms with Crippen molar-refractivity contribution in [2.24, 2.45) is 5.10 Å². The zero-order chi connectivity index (χ0) is 21.7. The van der Waals surface area contributed by atoms with Gasteiger partial charge in [0.15, 0.2) is 0 Å². The number of rotatable bonds is 7. The van der Waals surface area contributed by atoms with Crippen LogP contribution in [0.5, 0.6) is 0 Å². The van der Waals surface area contributed by atoms with Gasteiger partial charge in [0.05, 0.1) is 23.1 Å². The van der Waals surface area contributed by atoms with E-state index in [1.807, 2.05) is 6.92 Å². The number of benzene rings is 2. The summed E-state index contributed by atoms with van der Waals surface area (Å²) in [5, 5.41) is 4.19. The van der Waals surface area contributed by atoms with Crippen LogP contribution in [0.2, 0.25) is 5.02 Å². The average molecular weight is 446 g/mol. The van der Waals surface area contributed by atoms with Crippen LogP contribution in [-0.4, -0.2) is 27.1 Å². The fourth-order valence-corrected chi connectivity index (χ4v) is 4.18. The van der Waals surface area contributed by atoms with E-state index in [0.717, 1.165) is 15.4 Å². The zero-order valence-corrected chi connectivity index (χ0v) is 17.9. The smallest absolute Gasteiger partial charge is 0.264 e. The zero-order valence-electron chi connectivity index (χ0n) is 16.4. The summed E-state index contributed by atoms with van der Waals surface area (Å²) in [6, 6.07) is 14.6. The van der Waals surface area contributed by atoms with E-state index in [-0.39, 0.29) is 10.6 Å². The van der Waals surface area contributed by atoms with E-state index in [2.05, 4.69) is 10.5 Å². The summed E-state index contributed by atoms with van der Waals surface area (Å²) in [4.78, 5) is 12.5. The van der Waals surface area contributed by atoms with Crippen molar-refractivity contribution in [1.29, 1.82) is 0 Å². The molecule has 1 N–H and O–H groups in total. The monoisotopic (exact) mass is 445 g/mol. The van der Waals surface area contributed by atoms with E-state index in [1.165, 1.54) is 30.7 Å². The summed E-state index contributed by atoms with van der Waals surface area (Å²) >= 11 is 6.20. The van der Waals surface area contributed by atoms with Gasteiger partial charge in [-0.1, -0.05) is 35.4 Å². The van der Waals surface area contributed by atoms with Crippen molar-refractivity contribution < 1.29 is 17.6 Å². The third-order valence-electron chi connectivity index (χ3n) is 4.26. The molecule has 0 bridgehead atoms. The summed E-state index contributed by atoms with van der Waals surface area (Å²) < 4.78 is 32.7. The van der Waals surface area contributed by atoms with Gasteiger partial charge in [0.2, 0.25) is 0 Å². The number of carbonyl (C=O) groups excluding carboxylic acids is 1. The van der Waals surface area contributed by atoms with Gasteiger partial charge in [-0.15, -0.1) is 0 Å². The lowest BCUT2D eigenvalue weighted by Gasteiger charge is -2.24. The minimum absolute atomic E-state index is 0.0664. The lowest BCUT2D eigenvalue weighted by Crippen LogP contribution is -2.39. The molecule has 0 saturated carbocycles. The molecular weight excluding hydrogens is 426 g/mol. The number of halogens is 1. The van der Waals surface area contributed by atoms with Crippen LogP contribution >= 0.6 is 11.6 Å². The maximum atomic E-state index is 13.3. The molecule has 3 rings (SSSR count). The highest BCUT2D eigenvalue weighted by Crippen LogP contribution is 2.28. The Labute approximate surface area is 180 Å². The molecule has 0 saturated heterocycles. The molecule has 30 heavy (non-hydrogen) atoms. The summed E-state index contributed by atoms with van der Waals surface area (Å²) in [5.74, 6) is -0.171. The van der Waals surface area contributed by atoms with Crippen molar-refractivity contribution in [3.8, 4) is 0 Å². The normalized spacial score (nSPS) is 11.6. The molecule has 7 nitrogen and oxygen atoms in total. The van der Waals surface area contributed by atoms with Gasteiger partial charge in [-0.05, 0) is 55.8 Å². The van der Waals surface area contributed by atoms with Crippen LogP contribution in [0.25, 0.3) is 0 Å². The first-order chi connectivity index (χ1) is 14.3. The number of hydrazone groups is 1. The van der Waals surface area contributed by atoms with Crippen LogP contribution in [0.15, 0.2) is 75.3 Å². The van der Waals surface area contributed by atoms with Gasteiger partial charge in [0, 0.05) is 5.02 Å². The predicted molar refractivity (Wildman–Crippen MR) is 116 cm³/mol. The number of carbonyl (C=O) groups is 1. The summed E-state index contributed by atoms with van der Waals surface area (Å²) in [6.07, 6.45) is 2.79. The van der Waals surface area contributed by atoms with Gasteiger partial charge in [-0.25, -0.2) is 13.8 Å². The molecule has 0 aliphatic heterocycles. The molecule has 2 aromatic carbocycles. The molecule has 0 atom stereocenters. The lowest BCUT2D eigenvalue weighted by molar-refractivity contribution is -0.119. The van der Waals surface area contributed by atoms with E-state index in [9.17, 15) is 13.2 Å². The molecule has 0 spiro atoms. The van der Waals surface area contributed by atoms with Crippen LogP contribution < -0.4 is 9.73 Å². The number of anilines is 1. The van der Waals surface area contributed by atoms with Crippen LogP contribution in [-0.2, 0) is 14.8 Å². The molecule has 1 heterocycles. The number of nitrogens with one attached hydrogen (secondary N) is 1. The number of amides is 1. The Morgan fingerprint density at radius 2 is 1.90 bits per heavy atom. The Morgan fingerprint density at radius 3 is 2.53 bits per heavy atom. The van der Waals surface area contributed by atoms with E-state index in [1.54, 1.807) is 43.3 Å². The van der Waals surface area contributed by atoms with Crippen molar-refractivity contribution in [3.05, 3.63) is 82.8 Å². The Morgan fingerprint density at radius 1 is 1.17 bits per heavy atom. The molecule has 0 aliphatic rings. The van der Waals surface area contributed by atoms with Crippen molar-refractivity contribution in [2.75, 3.05) is 10.8 Å². The van der Waals surface area contributed by atoms with Gasteiger partial charge < -0.3 is 4.42 Å². The Kier molecular flexibility index (Phi) is 6.59. The number of furan rings is 1. The summed E-state index contributed by atoms with van der Waals surface area (Å²) in [5.41, 5.74) is 4.30. The SMILES string of the molecule is Cc1ccc(S(=O)(=O)N(CC(=O)N/N=C\c2ccco2)c2ccc(C)c(Cl)c2)cc1. The second-order valence-electron chi connectivity index (χ2n) is 6.57. The topological polar surface area (TPSA) is 92.0 Å². The lowest BCUT2D eigenvalue weighted by atomic mass is 10.2. The van der Waals surface area contributed by atoms with E-state index in [0.29, 0.717) is 10.8 Å². The van der Waals surface area contributed by atoms with Crippen LogP contribution in [0.4, 0.5) is 5.69 Å². The fraction of sp³-hybridized carbons (Fsp3) is 0.143. The first-order valence-electron chi connectivity index (χ1n) is 8.98. The number of aryl methyl sites for hydroxylation is 2. The molecule has 0 aliphatic carbocycles. The van der Waals surface area contributed by atoms with Crippen molar-refractivity contribution in [2.45, 2.75) is 18.7 Å². The largest absolute Gasteiger partial charge is 0.463 e. The molecule has 1 aromatic heterocycles.